The Morgan fingerprint density at radius 3 is 2.68 bits per heavy atom. The lowest BCUT2D eigenvalue weighted by Crippen LogP contribution is -2.36. The molecule has 0 bridgehead atoms. The van der Waals surface area contributed by atoms with Gasteiger partial charge in [0.05, 0.1) is 32.0 Å². The van der Waals surface area contributed by atoms with Crippen LogP contribution in [0.3, 0.4) is 0 Å². The second-order valence-electron chi connectivity index (χ2n) is 6.41. The van der Waals surface area contributed by atoms with E-state index in [1.807, 2.05) is 25.1 Å². The van der Waals surface area contributed by atoms with Crippen molar-refractivity contribution in [2.24, 2.45) is 0 Å². The number of benzene rings is 2. The Bertz CT molecular complexity index is 886. The molecule has 7 heteroatoms. The van der Waals surface area contributed by atoms with E-state index < -0.39 is 0 Å². The summed E-state index contributed by atoms with van der Waals surface area (Å²) in [7, 11) is 1.49. The van der Waals surface area contributed by atoms with Gasteiger partial charge in [0.15, 0.2) is 18.1 Å². The number of nitriles is 1. The molecule has 7 nitrogen and oxygen atoms in total. The van der Waals surface area contributed by atoms with Crippen molar-refractivity contribution in [3.05, 3.63) is 47.5 Å². The van der Waals surface area contributed by atoms with E-state index in [1.54, 1.807) is 18.2 Å². The first-order valence-electron chi connectivity index (χ1n) is 9.05. The maximum Gasteiger partial charge on any atom is 0.262 e. The topological polar surface area (TPSA) is 83.8 Å². The molecule has 0 radical (unpaired) electrons. The number of nitrogens with zero attached hydrogens (tertiary/aromatic N) is 2. The van der Waals surface area contributed by atoms with Crippen molar-refractivity contribution in [1.82, 2.24) is 0 Å². The average molecular weight is 381 g/mol. The SMILES string of the molecule is COc1cc(C#N)ccc1OCC(=O)Nc1ccc(N2CCOCC2)cc1C. The molecule has 28 heavy (non-hydrogen) atoms. The quantitative estimate of drug-likeness (QED) is 0.828. The van der Waals surface area contributed by atoms with E-state index in [2.05, 4.69) is 16.3 Å². The zero-order valence-electron chi connectivity index (χ0n) is 16.0. The van der Waals surface area contributed by atoms with Gasteiger partial charge < -0.3 is 24.4 Å². The summed E-state index contributed by atoms with van der Waals surface area (Å²) in [5.41, 5.74) is 3.31. The number of anilines is 2. The smallest absolute Gasteiger partial charge is 0.262 e. The van der Waals surface area contributed by atoms with Crippen LogP contribution in [0.15, 0.2) is 36.4 Å². The predicted octanol–water partition coefficient (Wildman–Crippen LogP) is 2.73. The molecule has 1 amide bonds. The highest BCUT2D eigenvalue weighted by molar-refractivity contribution is 5.93. The molecule has 1 heterocycles. The van der Waals surface area contributed by atoms with Crippen LogP contribution in [0.25, 0.3) is 0 Å². The Morgan fingerprint density at radius 1 is 1.21 bits per heavy atom. The standard InChI is InChI=1S/C21H23N3O4/c1-15-11-17(24-7-9-27-10-8-24)4-5-18(15)23-21(25)14-28-19-6-3-16(13-22)12-20(19)26-2/h3-6,11-12H,7-10,14H2,1-2H3,(H,23,25). The molecule has 146 valence electrons. The maximum absolute atomic E-state index is 12.3. The molecular weight excluding hydrogens is 358 g/mol. The highest BCUT2D eigenvalue weighted by Gasteiger charge is 2.14. The third-order valence-electron chi connectivity index (χ3n) is 4.51. The van der Waals surface area contributed by atoms with E-state index in [9.17, 15) is 4.79 Å². The lowest BCUT2D eigenvalue weighted by molar-refractivity contribution is -0.118. The monoisotopic (exact) mass is 381 g/mol. The minimum absolute atomic E-state index is 0.160. The van der Waals surface area contributed by atoms with Gasteiger partial charge in [-0.15, -0.1) is 0 Å². The molecule has 1 N–H and O–H groups in total. The molecule has 0 aliphatic carbocycles. The zero-order valence-corrected chi connectivity index (χ0v) is 16.0. The molecule has 1 saturated heterocycles. The van der Waals surface area contributed by atoms with Crippen LogP contribution in [0, 0.1) is 18.3 Å². The zero-order chi connectivity index (χ0) is 19.9. The number of nitrogens with one attached hydrogen (secondary N) is 1. The van der Waals surface area contributed by atoms with Crippen molar-refractivity contribution in [3.8, 4) is 17.6 Å². The van der Waals surface area contributed by atoms with Gasteiger partial charge in [0, 0.05) is 30.5 Å². The van der Waals surface area contributed by atoms with Gasteiger partial charge in [0.1, 0.15) is 0 Å². The molecule has 3 rings (SSSR count). The molecule has 0 aromatic heterocycles. The summed E-state index contributed by atoms with van der Waals surface area (Å²) in [6.07, 6.45) is 0. The summed E-state index contributed by atoms with van der Waals surface area (Å²) < 4.78 is 16.1. The lowest BCUT2D eigenvalue weighted by Gasteiger charge is -2.29. The molecule has 1 fully saturated rings. The van der Waals surface area contributed by atoms with Crippen molar-refractivity contribution in [2.75, 3.05) is 50.2 Å². The fourth-order valence-corrected chi connectivity index (χ4v) is 2.99. The summed E-state index contributed by atoms with van der Waals surface area (Å²) in [5.74, 6) is 0.558. The Hall–Kier alpha value is -3.24. The van der Waals surface area contributed by atoms with E-state index >= 15 is 0 Å². The Balaban J connectivity index is 1.60. The van der Waals surface area contributed by atoms with Crippen molar-refractivity contribution in [1.29, 1.82) is 5.26 Å². The normalized spacial score (nSPS) is 13.5. The Labute approximate surface area is 164 Å². The van der Waals surface area contributed by atoms with Crippen molar-refractivity contribution >= 4 is 17.3 Å². The van der Waals surface area contributed by atoms with Gasteiger partial charge in [-0.05, 0) is 42.8 Å². The number of hydrogen-bond acceptors (Lipinski definition) is 6. The lowest BCUT2D eigenvalue weighted by atomic mass is 10.1. The number of morpholine rings is 1. The molecule has 2 aromatic rings. The summed E-state index contributed by atoms with van der Waals surface area (Å²) in [4.78, 5) is 14.6. The van der Waals surface area contributed by atoms with E-state index in [4.69, 9.17) is 19.5 Å². The molecule has 0 spiro atoms. The number of ether oxygens (including phenoxy) is 3. The minimum Gasteiger partial charge on any atom is -0.493 e. The van der Waals surface area contributed by atoms with Crippen LogP contribution in [0.5, 0.6) is 11.5 Å². The van der Waals surface area contributed by atoms with Crippen LogP contribution < -0.4 is 19.7 Å². The van der Waals surface area contributed by atoms with E-state index in [1.165, 1.54) is 7.11 Å². The molecule has 0 atom stereocenters. The van der Waals surface area contributed by atoms with Crippen LogP contribution in [0.2, 0.25) is 0 Å². The minimum atomic E-state index is -0.270. The first kappa shape index (κ1) is 19.5. The van der Waals surface area contributed by atoms with E-state index in [0.29, 0.717) is 17.1 Å². The summed E-state index contributed by atoms with van der Waals surface area (Å²) in [5, 5.41) is 11.8. The van der Waals surface area contributed by atoms with Crippen LogP contribution in [0.4, 0.5) is 11.4 Å². The van der Waals surface area contributed by atoms with Gasteiger partial charge in [0.2, 0.25) is 0 Å². The van der Waals surface area contributed by atoms with Crippen molar-refractivity contribution in [3.63, 3.8) is 0 Å². The number of rotatable bonds is 6. The summed E-state index contributed by atoms with van der Waals surface area (Å²) in [6, 6.07) is 12.8. The first-order chi connectivity index (χ1) is 13.6. The van der Waals surface area contributed by atoms with Gasteiger partial charge in [-0.25, -0.2) is 0 Å². The molecule has 2 aromatic carbocycles. The molecule has 1 aliphatic heterocycles. The fraction of sp³-hybridized carbons (Fsp3) is 0.333. The summed E-state index contributed by atoms with van der Waals surface area (Å²) >= 11 is 0. The van der Waals surface area contributed by atoms with Crippen LogP contribution in [0.1, 0.15) is 11.1 Å². The third kappa shape index (κ3) is 4.72. The molecular formula is C21H23N3O4. The van der Waals surface area contributed by atoms with Crippen LogP contribution in [-0.4, -0.2) is 45.9 Å². The highest BCUT2D eigenvalue weighted by Crippen LogP contribution is 2.28. The second kappa shape index (κ2) is 9.11. The number of amides is 1. The van der Waals surface area contributed by atoms with Gasteiger partial charge in [0.25, 0.3) is 5.91 Å². The summed E-state index contributed by atoms with van der Waals surface area (Å²) in [6.45, 7) is 5.00. The van der Waals surface area contributed by atoms with Crippen LogP contribution in [-0.2, 0) is 9.53 Å². The molecule has 0 saturated carbocycles. The van der Waals surface area contributed by atoms with Gasteiger partial charge in [-0.1, -0.05) is 0 Å². The number of hydrogen-bond donors (Lipinski definition) is 1. The number of carbonyl (C=O) groups is 1. The molecule has 1 aliphatic rings. The second-order valence-corrected chi connectivity index (χ2v) is 6.41. The number of methoxy groups -OCH3 is 1. The average Bonchev–Trinajstić information content (AvgIpc) is 2.74. The first-order valence-corrected chi connectivity index (χ1v) is 9.05. The van der Waals surface area contributed by atoms with Crippen LogP contribution >= 0.6 is 0 Å². The Kier molecular flexibility index (Phi) is 6.35. The van der Waals surface area contributed by atoms with Gasteiger partial charge in [-0.2, -0.15) is 5.26 Å². The fourth-order valence-electron chi connectivity index (χ4n) is 2.99. The van der Waals surface area contributed by atoms with Crippen molar-refractivity contribution < 1.29 is 19.0 Å². The highest BCUT2D eigenvalue weighted by atomic mass is 16.5. The predicted molar refractivity (Wildman–Crippen MR) is 106 cm³/mol. The van der Waals surface area contributed by atoms with E-state index in [0.717, 1.165) is 43.2 Å². The largest absolute Gasteiger partial charge is 0.493 e. The van der Waals surface area contributed by atoms with Gasteiger partial charge in [-0.3, -0.25) is 4.79 Å². The van der Waals surface area contributed by atoms with Crippen molar-refractivity contribution in [2.45, 2.75) is 6.92 Å². The Morgan fingerprint density at radius 2 is 2.00 bits per heavy atom. The molecule has 0 unspecified atom stereocenters. The van der Waals surface area contributed by atoms with E-state index in [-0.39, 0.29) is 12.5 Å². The number of carbonyl (C=O) groups excluding carboxylic acids is 1. The number of aryl methyl sites for hydroxylation is 1. The third-order valence-corrected chi connectivity index (χ3v) is 4.51. The van der Waals surface area contributed by atoms with Gasteiger partial charge >= 0.3 is 0 Å². The maximum atomic E-state index is 12.3.